The Morgan fingerprint density at radius 1 is 1.39 bits per heavy atom. The van der Waals surface area contributed by atoms with Crippen LogP contribution >= 0.6 is 15.9 Å². The summed E-state index contributed by atoms with van der Waals surface area (Å²) in [4.78, 5) is 12.3. The van der Waals surface area contributed by atoms with E-state index in [0.717, 1.165) is 11.3 Å². The van der Waals surface area contributed by atoms with Crippen molar-refractivity contribution in [3.05, 3.63) is 29.8 Å². The van der Waals surface area contributed by atoms with Crippen LogP contribution in [-0.4, -0.2) is 5.91 Å². The Bertz CT molecular complexity index is 411. The third kappa shape index (κ3) is 3.58. The minimum atomic E-state index is 0.155. The molecule has 1 aliphatic carbocycles. The van der Waals surface area contributed by atoms with E-state index in [-0.39, 0.29) is 10.7 Å². The highest BCUT2D eigenvalue weighted by molar-refractivity contribution is 9.09. The first-order valence-corrected chi connectivity index (χ1v) is 7.61. The summed E-state index contributed by atoms with van der Waals surface area (Å²) in [5.41, 5.74) is 2.07. The van der Waals surface area contributed by atoms with Crippen LogP contribution in [0.25, 0.3) is 0 Å². The second-order valence-corrected chi connectivity index (χ2v) is 6.48. The van der Waals surface area contributed by atoms with E-state index in [9.17, 15) is 4.79 Å². The Balaban J connectivity index is 1.97. The summed E-state index contributed by atoms with van der Waals surface area (Å²) in [6.07, 6.45) is 5.67. The average Bonchev–Trinajstić information content (AvgIpc) is 2.82. The molecule has 0 saturated heterocycles. The van der Waals surface area contributed by atoms with Crippen LogP contribution in [0.3, 0.4) is 0 Å². The second kappa shape index (κ2) is 6.37. The summed E-state index contributed by atoms with van der Waals surface area (Å²) in [6, 6.07) is 7.98. The van der Waals surface area contributed by atoms with Gasteiger partial charge in [-0.15, -0.1) is 0 Å². The molecule has 2 rings (SSSR count). The molecule has 1 aromatic rings. The maximum absolute atomic E-state index is 12.0. The third-order valence-corrected chi connectivity index (χ3v) is 4.11. The number of carbonyl (C=O) groups excluding carboxylic acids is 1. The normalized spacial score (nSPS) is 17.7. The van der Waals surface area contributed by atoms with Gasteiger partial charge in [0.25, 0.3) is 0 Å². The van der Waals surface area contributed by atoms with Crippen LogP contribution in [0.1, 0.15) is 49.4 Å². The SMILES string of the molecule is CC(Br)c1ccccc1NC(=O)CC1CCCC1. The van der Waals surface area contributed by atoms with Crippen molar-refractivity contribution in [3.8, 4) is 0 Å². The van der Waals surface area contributed by atoms with E-state index in [1.165, 1.54) is 25.7 Å². The summed E-state index contributed by atoms with van der Waals surface area (Å²) in [6.45, 7) is 2.07. The Hall–Kier alpha value is -0.830. The molecule has 0 spiro atoms. The fourth-order valence-electron chi connectivity index (χ4n) is 2.64. The predicted molar refractivity (Wildman–Crippen MR) is 79.0 cm³/mol. The maximum atomic E-state index is 12.0. The van der Waals surface area contributed by atoms with E-state index < -0.39 is 0 Å². The van der Waals surface area contributed by atoms with E-state index in [1.807, 2.05) is 24.3 Å². The molecule has 0 bridgehead atoms. The van der Waals surface area contributed by atoms with Gasteiger partial charge in [-0.05, 0) is 37.3 Å². The van der Waals surface area contributed by atoms with Crippen LogP contribution in [0.15, 0.2) is 24.3 Å². The van der Waals surface area contributed by atoms with Gasteiger partial charge in [0.1, 0.15) is 0 Å². The molecule has 2 nitrogen and oxygen atoms in total. The molecule has 98 valence electrons. The molecule has 1 aromatic carbocycles. The largest absolute Gasteiger partial charge is 0.326 e. The number of rotatable bonds is 4. The lowest BCUT2D eigenvalue weighted by atomic mass is 10.0. The highest BCUT2D eigenvalue weighted by Gasteiger charge is 2.19. The van der Waals surface area contributed by atoms with Gasteiger partial charge in [-0.1, -0.05) is 47.0 Å². The number of alkyl halides is 1. The summed E-state index contributed by atoms with van der Waals surface area (Å²) >= 11 is 3.56. The highest BCUT2D eigenvalue weighted by atomic mass is 79.9. The van der Waals surface area contributed by atoms with E-state index >= 15 is 0 Å². The van der Waals surface area contributed by atoms with Gasteiger partial charge in [0.05, 0.1) is 0 Å². The van der Waals surface area contributed by atoms with E-state index in [2.05, 4.69) is 28.2 Å². The third-order valence-electron chi connectivity index (χ3n) is 3.61. The van der Waals surface area contributed by atoms with Crippen molar-refractivity contribution in [2.45, 2.75) is 43.9 Å². The van der Waals surface area contributed by atoms with Crippen LogP contribution in [-0.2, 0) is 4.79 Å². The summed E-state index contributed by atoms with van der Waals surface area (Å²) in [5.74, 6) is 0.751. The molecule has 3 heteroatoms. The molecule has 0 aromatic heterocycles. The molecule has 0 radical (unpaired) electrons. The number of anilines is 1. The summed E-state index contributed by atoms with van der Waals surface area (Å²) in [5, 5.41) is 3.05. The summed E-state index contributed by atoms with van der Waals surface area (Å²) in [7, 11) is 0. The van der Waals surface area contributed by atoms with Gasteiger partial charge in [0.2, 0.25) is 5.91 Å². The molecule has 1 fully saturated rings. The zero-order valence-corrected chi connectivity index (χ0v) is 12.4. The first kappa shape index (κ1) is 13.6. The fraction of sp³-hybridized carbons (Fsp3) is 0.533. The molecule has 1 unspecified atom stereocenters. The molecule has 0 heterocycles. The Morgan fingerprint density at radius 3 is 2.72 bits per heavy atom. The minimum absolute atomic E-state index is 0.155. The summed E-state index contributed by atoms with van der Waals surface area (Å²) < 4.78 is 0. The number of benzene rings is 1. The fourth-order valence-corrected chi connectivity index (χ4v) is 3.03. The van der Waals surface area contributed by atoms with Crippen molar-refractivity contribution < 1.29 is 4.79 Å². The van der Waals surface area contributed by atoms with Crippen molar-refractivity contribution in [1.82, 2.24) is 0 Å². The van der Waals surface area contributed by atoms with E-state index in [0.29, 0.717) is 12.3 Å². The lowest BCUT2D eigenvalue weighted by Crippen LogP contribution is -2.16. The van der Waals surface area contributed by atoms with Gasteiger partial charge in [-0.3, -0.25) is 4.79 Å². The van der Waals surface area contributed by atoms with Crippen molar-refractivity contribution in [2.75, 3.05) is 5.32 Å². The predicted octanol–water partition coefficient (Wildman–Crippen LogP) is 4.66. The number of nitrogens with one attached hydrogen (secondary N) is 1. The average molecular weight is 310 g/mol. The minimum Gasteiger partial charge on any atom is -0.326 e. The van der Waals surface area contributed by atoms with Gasteiger partial charge in [-0.25, -0.2) is 0 Å². The molecular formula is C15H20BrNO. The van der Waals surface area contributed by atoms with Crippen LogP contribution in [0.2, 0.25) is 0 Å². The van der Waals surface area contributed by atoms with Gasteiger partial charge < -0.3 is 5.32 Å². The number of hydrogen-bond acceptors (Lipinski definition) is 1. The van der Waals surface area contributed by atoms with Crippen molar-refractivity contribution in [2.24, 2.45) is 5.92 Å². The lowest BCUT2D eigenvalue weighted by Gasteiger charge is -2.14. The first-order chi connectivity index (χ1) is 8.66. The van der Waals surface area contributed by atoms with Crippen LogP contribution < -0.4 is 5.32 Å². The van der Waals surface area contributed by atoms with E-state index in [4.69, 9.17) is 0 Å². The lowest BCUT2D eigenvalue weighted by molar-refractivity contribution is -0.117. The Morgan fingerprint density at radius 2 is 2.06 bits per heavy atom. The number of hydrogen-bond donors (Lipinski definition) is 1. The number of para-hydroxylation sites is 1. The number of carbonyl (C=O) groups is 1. The van der Waals surface area contributed by atoms with Gasteiger partial charge in [0.15, 0.2) is 0 Å². The number of halogens is 1. The molecule has 1 atom stereocenters. The van der Waals surface area contributed by atoms with Crippen LogP contribution in [0, 0.1) is 5.92 Å². The first-order valence-electron chi connectivity index (χ1n) is 6.69. The zero-order valence-electron chi connectivity index (χ0n) is 10.8. The number of amides is 1. The molecule has 1 aliphatic rings. The monoisotopic (exact) mass is 309 g/mol. The zero-order chi connectivity index (χ0) is 13.0. The van der Waals surface area contributed by atoms with Crippen molar-refractivity contribution in [3.63, 3.8) is 0 Å². The van der Waals surface area contributed by atoms with Crippen molar-refractivity contribution in [1.29, 1.82) is 0 Å². The molecule has 1 N–H and O–H groups in total. The molecule has 18 heavy (non-hydrogen) atoms. The standard InChI is InChI=1S/C15H20BrNO/c1-11(16)13-8-4-5-9-14(13)17-15(18)10-12-6-2-3-7-12/h4-5,8-9,11-12H,2-3,6-7,10H2,1H3,(H,17,18). The molecule has 0 aliphatic heterocycles. The Labute approximate surface area is 117 Å². The molecular weight excluding hydrogens is 290 g/mol. The smallest absolute Gasteiger partial charge is 0.224 e. The highest BCUT2D eigenvalue weighted by Crippen LogP contribution is 2.30. The molecule has 1 amide bonds. The maximum Gasteiger partial charge on any atom is 0.224 e. The van der Waals surface area contributed by atoms with Gasteiger partial charge in [-0.2, -0.15) is 0 Å². The quantitative estimate of drug-likeness (QED) is 0.805. The van der Waals surface area contributed by atoms with Crippen molar-refractivity contribution >= 4 is 27.5 Å². The second-order valence-electron chi connectivity index (χ2n) is 5.11. The topological polar surface area (TPSA) is 29.1 Å². The van der Waals surface area contributed by atoms with Crippen LogP contribution in [0.5, 0.6) is 0 Å². The van der Waals surface area contributed by atoms with Gasteiger partial charge >= 0.3 is 0 Å². The van der Waals surface area contributed by atoms with Crippen LogP contribution in [0.4, 0.5) is 5.69 Å². The molecule has 1 saturated carbocycles. The van der Waals surface area contributed by atoms with E-state index in [1.54, 1.807) is 0 Å². The van der Waals surface area contributed by atoms with Gasteiger partial charge in [0, 0.05) is 16.9 Å². The Kier molecular flexibility index (Phi) is 4.81.